The lowest BCUT2D eigenvalue weighted by Crippen LogP contribution is -2.27. The topological polar surface area (TPSA) is 148 Å². The summed E-state index contributed by atoms with van der Waals surface area (Å²) in [5.74, 6) is -0.540. The quantitative estimate of drug-likeness (QED) is 0.263. The van der Waals surface area contributed by atoms with Crippen LogP contribution >= 0.6 is 0 Å². The summed E-state index contributed by atoms with van der Waals surface area (Å²) in [6.07, 6.45) is 5.28. The molecule has 4 amide bonds. The summed E-state index contributed by atoms with van der Waals surface area (Å²) in [5.41, 5.74) is 7.75. The number of nitrogens with zero attached hydrogens (tertiary/aromatic N) is 4. The number of hydrazone groups is 2. The third-order valence-electron chi connectivity index (χ3n) is 5.96. The molecule has 2 aliphatic rings. The third-order valence-corrected chi connectivity index (χ3v) is 5.96. The maximum Gasteiger partial charge on any atom is 0.259 e. The Bertz CT molecular complexity index is 1150. The van der Waals surface area contributed by atoms with Crippen LogP contribution in [0.25, 0.3) is 0 Å². The van der Waals surface area contributed by atoms with E-state index in [1.165, 1.54) is 12.4 Å². The van der Waals surface area contributed by atoms with Gasteiger partial charge in [0.05, 0.1) is 25.5 Å². The number of carbonyl (C=O) groups is 4. The van der Waals surface area contributed by atoms with Gasteiger partial charge in [0.15, 0.2) is 0 Å². The number of rotatable bonds is 11. The predicted octanol–water partition coefficient (Wildman–Crippen LogP) is 1.67. The van der Waals surface area contributed by atoms with Gasteiger partial charge >= 0.3 is 0 Å². The van der Waals surface area contributed by atoms with E-state index in [1.54, 1.807) is 9.80 Å². The maximum absolute atomic E-state index is 12.0. The summed E-state index contributed by atoms with van der Waals surface area (Å²) in [5, 5.41) is 13.5. The lowest BCUT2D eigenvalue weighted by atomic mass is 10.2. The monoisotopic (exact) mass is 518 g/mol. The Balaban J connectivity index is 1.12. The van der Waals surface area contributed by atoms with E-state index in [1.807, 2.05) is 48.5 Å². The third kappa shape index (κ3) is 7.38. The number of anilines is 4. The van der Waals surface area contributed by atoms with E-state index in [4.69, 9.17) is 0 Å². The van der Waals surface area contributed by atoms with E-state index in [0.717, 1.165) is 35.6 Å². The molecule has 12 heteroatoms. The van der Waals surface area contributed by atoms with Crippen molar-refractivity contribution in [2.75, 3.05) is 46.6 Å². The standard InChI is InChI=1S/C26H30N8O4/c35-23(17-27-19-5-1-7-21(15-19)33-13-3-9-25(33)37)31-29-11-12-30-32-24(36)18-28-20-6-2-8-22(16-20)34-14-4-10-26(34)38/h1-2,5-8,11-12,15-16,27-28H,3-4,9-10,13-14,17-18H2,(H,31,35)(H,32,36). The van der Waals surface area contributed by atoms with Crippen molar-refractivity contribution < 1.29 is 19.2 Å². The van der Waals surface area contributed by atoms with Crippen LogP contribution in [0.5, 0.6) is 0 Å². The van der Waals surface area contributed by atoms with E-state index in [2.05, 4.69) is 31.7 Å². The number of hydrogen-bond donors (Lipinski definition) is 4. The molecule has 198 valence electrons. The highest BCUT2D eigenvalue weighted by Crippen LogP contribution is 2.25. The minimum absolute atomic E-state index is 0.0125. The van der Waals surface area contributed by atoms with Crippen molar-refractivity contribution in [1.82, 2.24) is 10.9 Å². The SMILES string of the molecule is O=C(CNc1cccc(N2CCCC2=O)c1)NN=CC=NNC(=O)CNc1cccc(N2CCCC2=O)c1. The molecule has 0 radical (unpaired) electrons. The van der Waals surface area contributed by atoms with Gasteiger partial charge < -0.3 is 20.4 Å². The Labute approximate surface area is 220 Å². The second-order valence-corrected chi connectivity index (χ2v) is 8.73. The number of nitrogens with one attached hydrogen (secondary N) is 4. The molecule has 0 unspecified atom stereocenters. The molecule has 0 aliphatic carbocycles. The van der Waals surface area contributed by atoms with Gasteiger partial charge in [0.2, 0.25) is 11.8 Å². The van der Waals surface area contributed by atoms with Crippen molar-refractivity contribution in [3.63, 3.8) is 0 Å². The van der Waals surface area contributed by atoms with E-state index < -0.39 is 0 Å². The van der Waals surface area contributed by atoms with Gasteiger partial charge in [-0.15, -0.1) is 0 Å². The summed E-state index contributed by atoms with van der Waals surface area (Å²) in [4.78, 5) is 51.3. The van der Waals surface area contributed by atoms with E-state index in [0.29, 0.717) is 25.9 Å². The van der Waals surface area contributed by atoms with Gasteiger partial charge in [-0.25, -0.2) is 10.9 Å². The summed E-state index contributed by atoms with van der Waals surface area (Å²) < 4.78 is 0. The molecule has 2 aromatic carbocycles. The van der Waals surface area contributed by atoms with Crippen LogP contribution in [-0.2, 0) is 19.2 Å². The van der Waals surface area contributed by atoms with Crippen LogP contribution < -0.4 is 31.3 Å². The van der Waals surface area contributed by atoms with Crippen LogP contribution in [0.15, 0.2) is 58.7 Å². The second-order valence-electron chi connectivity index (χ2n) is 8.73. The van der Waals surface area contributed by atoms with Crippen molar-refractivity contribution in [1.29, 1.82) is 0 Å². The molecular weight excluding hydrogens is 488 g/mol. The molecule has 12 nitrogen and oxygen atoms in total. The van der Waals surface area contributed by atoms with Crippen LogP contribution in [-0.4, -0.2) is 62.2 Å². The molecule has 0 bridgehead atoms. The second kappa shape index (κ2) is 13.0. The van der Waals surface area contributed by atoms with Crippen LogP contribution in [0.2, 0.25) is 0 Å². The first-order chi connectivity index (χ1) is 18.5. The van der Waals surface area contributed by atoms with Crippen LogP contribution in [0.3, 0.4) is 0 Å². The van der Waals surface area contributed by atoms with Gasteiger partial charge in [-0.2, -0.15) is 10.2 Å². The van der Waals surface area contributed by atoms with Gasteiger partial charge in [-0.05, 0) is 49.2 Å². The fourth-order valence-electron chi connectivity index (χ4n) is 4.14. The zero-order valence-corrected chi connectivity index (χ0v) is 20.9. The molecule has 2 aliphatic heterocycles. The molecule has 0 spiro atoms. The fraction of sp³-hybridized carbons (Fsp3) is 0.308. The average molecular weight is 519 g/mol. The fourth-order valence-corrected chi connectivity index (χ4v) is 4.14. The Morgan fingerprint density at radius 2 is 1.18 bits per heavy atom. The highest BCUT2D eigenvalue weighted by molar-refractivity contribution is 6.16. The van der Waals surface area contributed by atoms with Gasteiger partial charge in [-0.3, -0.25) is 19.2 Å². The molecule has 2 saturated heterocycles. The van der Waals surface area contributed by atoms with E-state index >= 15 is 0 Å². The van der Waals surface area contributed by atoms with Crippen LogP contribution in [0.1, 0.15) is 25.7 Å². The van der Waals surface area contributed by atoms with Gasteiger partial charge in [0, 0.05) is 48.7 Å². The first-order valence-corrected chi connectivity index (χ1v) is 12.4. The normalized spacial score (nSPS) is 15.5. The smallest absolute Gasteiger partial charge is 0.259 e. The Morgan fingerprint density at radius 3 is 1.58 bits per heavy atom. The van der Waals surface area contributed by atoms with Crippen molar-refractivity contribution in [2.24, 2.45) is 10.2 Å². The molecule has 0 atom stereocenters. The lowest BCUT2D eigenvalue weighted by molar-refractivity contribution is -0.120. The molecule has 38 heavy (non-hydrogen) atoms. The highest BCUT2D eigenvalue weighted by atomic mass is 16.2. The van der Waals surface area contributed by atoms with Crippen molar-refractivity contribution in [3.05, 3.63) is 48.5 Å². The minimum Gasteiger partial charge on any atom is -0.376 e. The molecule has 4 N–H and O–H groups in total. The molecule has 4 rings (SSSR count). The average Bonchev–Trinajstić information content (AvgIpc) is 3.56. The molecule has 2 heterocycles. The molecule has 2 aromatic rings. The Morgan fingerprint density at radius 1 is 0.737 bits per heavy atom. The number of benzene rings is 2. The molecular formula is C26H30N8O4. The summed E-state index contributed by atoms with van der Waals surface area (Å²) in [6.45, 7) is 1.38. The van der Waals surface area contributed by atoms with Gasteiger partial charge in [0.1, 0.15) is 0 Å². The van der Waals surface area contributed by atoms with Crippen molar-refractivity contribution in [2.45, 2.75) is 25.7 Å². The lowest BCUT2D eigenvalue weighted by Gasteiger charge is -2.16. The van der Waals surface area contributed by atoms with Gasteiger partial charge in [0.25, 0.3) is 11.8 Å². The van der Waals surface area contributed by atoms with E-state index in [9.17, 15) is 19.2 Å². The largest absolute Gasteiger partial charge is 0.376 e. The van der Waals surface area contributed by atoms with Crippen molar-refractivity contribution >= 4 is 58.8 Å². The summed E-state index contributed by atoms with van der Waals surface area (Å²) in [6, 6.07) is 14.7. The maximum atomic E-state index is 12.0. The minimum atomic E-state index is -0.372. The number of carbonyl (C=O) groups excluding carboxylic acids is 4. The molecule has 0 aromatic heterocycles. The number of amides is 4. The highest BCUT2D eigenvalue weighted by Gasteiger charge is 2.22. The molecule has 0 saturated carbocycles. The van der Waals surface area contributed by atoms with E-state index in [-0.39, 0.29) is 36.7 Å². The van der Waals surface area contributed by atoms with Crippen LogP contribution in [0.4, 0.5) is 22.7 Å². The Hall–Kier alpha value is -4.74. The zero-order valence-electron chi connectivity index (χ0n) is 20.9. The predicted molar refractivity (Wildman–Crippen MR) is 146 cm³/mol. The van der Waals surface area contributed by atoms with Crippen LogP contribution in [0, 0.1) is 0 Å². The first-order valence-electron chi connectivity index (χ1n) is 12.4. The Kier molecular flexibility index (Phi) is 9.00. The number of hydrogen-bond acceptors (Lipinski definition) is 8. The first kappa shape index (κ1) is 26.3. The van der Waals surface area contributed by atoms with Gasteiger partial charge in [-0.1, -0.05) is 12.1 Å². The zero-order chi connectivity index (χ0) is 26.7. The molecule has 2 fully saturated rings. The van der Waals surface area contributed by atoms with Crippen molar-refractivity contribution in [3.8, 4) is 0 Å². The summed E-state index contributed by atoms with van der Waals surface area (Å²) >= 11 is 0. The summed E-state index contributed by atoms with van der Waals surface area (Å²) in [7, 11) is 0.